The van der Waals surface area contributed by atoms with E-state index in [2.05, 4.69) is 20.6 Å². The molecule has 8 heteroatoms. The predicted octanol–water partition coefficient (Wildman–Crippen LogP) is 2.69. The maximum absolute atomic E-state index is 4.83. The van der Waals surface area contributed by atoms with E-state index in [9.17, 15) is 0 Å². The number of aliphatic imine (C=N–C) groups is 1. The number of para-hydroxylation sites is 1. The van der Waals surface area contributed by atoms with Gasteiger partial charge in [0, 0.05) is 38.5 Å². The van der Waals surface area contributed by atoms with E-state index in [1.807, 2.05) is 65.4 Å². The van der Waals surface area contributed by atoms with Crippen LogP contribution in [-0.4, -0.2) is 39.9 Å². The van der Waals surface area contributed by atoms with Gasteiger partial charge < -0.3 is 14.7 Å². The molecular formula is C17H21IN6O. The van der Waals surface area contributed by atoms with Gasteiger partial charge in [0.1, 0.15) is 12.0 Å². The number of guanidine groups is 1. The summed E-state index contributed by atoms with van der Waals surface area (Å²) in [6.45, 7) is 1.27. The Labute approximate surface area is 163 Å². The minimum Gasteiger partial charge on any atom is -0.364 e. The number of rotatable bonds is 5. The van der Waals surface area contributed by atoms with Crippen LogP contribution in [0.1, 0.15) is 11.3 Å². The Kier molecular flexibility index (Phi) is 6.99. The van der Waals surface area contributed by atoms with Crippen molar-refractivity contribution in [3.05, 3.63) is 66.3 Å². The van der Waals surface area contributed by atoms with Crippen LogP contribution in [0.2, 0.25) is 0 Å². The van der Waals surface area contributed by atoms with Crippen molar-refractivity contribution in [2.75, 3.05) is 14.1 Å². The molecule has 0 radical (unpaired) electrons. The highest BCUT2D eigenvalue weighted by atomic mass is 127. The van der Waals surface area contributed by atoms with Gasteiger partial charge in [-0.2, -0.15) is 5.10 Å². The third-order valence-corrected chi connectivity index (χ3v) is 3.57. The Bertz CT molecular complexity index is 785. The Balaban J connectivity index is 0.00000225. The summed E-state index contributed by atoms with van der Waals surface area (Å²) in [4.78, 5) is 6.33. The highest BCUT2D eigenvalue weighted by Gasteiger charge is 2.09. The van der Waals surface area contributed by atoms with Gasteiger partial charge in [-0.25, -0.2) is 4.68 Å². The number of halogens is 1. The van der Waals surface area contributed by atoms with Gasteiger partial charge in [-0.1, -0.05) is 23.4 Å². The van der Waals surface area contributed by atoms with Gasteiger partial charge in [0.15, 0.2) is 5.96 Å². The molecule has 2 aromatic heterocycles. The van der Waals surface area contributed by atoms with E-state index in [1.54, 1.807) is 13.3 Å². The summed E-state index contributed by atoms with van der Waals surface area (Å²) in [5.74, 6) is 0.783. The number of nitrogens with one attached hydrogen (secondary N) is 1. The van der Waals surface area contributed by atoms with E-state index in [-0.39, 0.29) is 24.0 Å². The lowest BCUT2D eigenvalue weighted by atomic mass is 10.3. The monoisotopic (exact) mass is 452 g/mol. The number of aromatic nitrogens is 3. The average molecular weight is 452 g/mol. The fourth-order valence-corrected chi connectivity index (χ4v) is 2.40. The lowest BCUT2D eigenvalue weighted by molar-refractivity contribution is 0.409. The van der Waals surface area contributed by atoms with Gasteiger partial charge in [0.25, 0.3) is 0 Å². The molecule has 1 N–H and O–H groups in total. The molecule has 3 aromatic rings. The van der Waals surface area contributed by atoms with E-state index in [1.165, 1.54) is 0 Å². The first-order valence-corrected chi connectivity index (χ1v) is 7.66. The maximum atomic E-state index is 4.83. The van der Waals surface area contributed by atoms with Crippen molar-refractivity contribution in [3.8, 4) is 5.69 Å². The summed E-state index contributed by atoms with van der Waals surface area (Å²) in [6, 6.07) is 11.9. The van der Waals surface area contributed by atoms with E-state index >= 15 is 0 Å². The van der Waals surface area contributed by atoms with E-state index in [4.69, 9.17) is 4.52 Å². The first kappa shape index (κ1) is 19.0. The van der Waals surface area contributed by atoms with Crippen molar-refractivity contribution in [2.24, 2.45) is 4.99 Å². The Morgan fingerprint density at radius 3 is 2.76 bits per heavy atom. The Morgan fingerprint density at radius 2 is 2.08 bits per heavy atom. The molecule has 7 nitrogen and oxygen atoms in total. The molecule has 3 rings (SSSR count). The van der Waals surface area contributed by atoms with Gasteiger partial charge in [-0.3, -0.25) is 4.99 Å². The van der Waals surface area contributed by atoms with Crippen LogP contribution in [-0.2, 0) is 13.1 Å². The molecule has 0 saturated carbocycles. The second kappa shape index (κ2) is 9.21. The molecule has 1 aromatic carbocycles. The molecule has 0 aliphatic heterocycles. The van der Waals surface area contributed by atoms with Crippen LogP contribution in [0.4, 0.5) is 0 Å². The maximum Gasteiger partial charge on any atom is 0.194 e. The van der Waals surface area contributed by atoms with Crippen LogP contribution in [0.25, 0.3) is 5.69 Å². The van der Waals surface area contributed by atoms with Gasteiger partial charge in [0.2, 0.25) is 0 Å². The predicted molar refractivity (Wildman–Crippen MR) is 107 cm³/mol. The SMILES string of the molecule is CN=C(NCc1ccon1)N(C)Cc1cnn(-c2ccccc2)c1.I. The summed E-state index contributed by atoms with van der Waals surface area (Å²) in [7, 11) is 3.74. The number of nitrogens with zero attached hydrogens (tertiary/aromatic N) is 5. The number of benzene rings is 1. The van der Waals surface area contributed by atoms with Crippen LogP contribution in [0.15, 0.2) is 64.6 Å². The quantitative estimate of drug-likeness (QED) is 0.366. The summed E-state index contributed by atoms with van der Waals surface area (Å²) in [6.07, 6.45) is 5.45. The normalized spacial score (nSPS) is 11.0. The van der Waals surface area contributed by atoms with Crippen molar-refractivity contribution in [3.63, 3.8) is 0 Å². The highest BCUT2D eigenvalue weighted by Crippen LogP contribution is 2.09. The molecule has 0 fully saturated rings. The van der Waals surface area contributed by atoms with Gasteiger partial charge in [0.05, 0.1) is 18.4 Å². The van der Waals surface area contributed by atoms with Crippen molar-refractivity contribution in [2.45, 2.75) is 13.1 Å². The summed E-state index contributed by atoms with van der Waals surface area (Å²) in [5.41, 5.74) is 2.98. The third-order valence-electron chi connectivity index (χ3n) is 3.57. The fraction of sp³-hybridized carbons (Fsp3) is 0.235. The minimum atomic E-state index is 0. The van der Waals surface area contributed by atoms with Crippen molar-refractivity contribution in [1.82, 2.24) is 25.2 Å². The van der Waals surface area contributed by atoms with Crippen molar-refractivity contribution >= 4 is 29.9 Å². The average Bonchev–Trinajstić information content (AvgIpc) is 3.28. The van der Waals surface area contributed by atoms with Crippen LogP contribution in [0, 0.1) is 0 Å². The summed E-state index contributed by atoms with van der Waals surface area (Å²) < 4.78 is 6.70. The van der Waals surface area contributed by atoms with Crippen molar-refractivity contribution in [1.29, 1.82) is 0 Å². The lowest BCUT2D eigenvalue weighted by Crippen LogP contribution is -2.38. The Hall–Kier alpha value is -2.36. The van der Waals surface area contributed by atoms with E-state index < -0.39 is 0 Å². The van der Waals surface area contributed by atoms with Crippen LogP contribution in [0.5, 0.6) is 0 Å². The van der Waals surface area contributed by atoms with Crippen LogP contribution >= 0.6 is 24.0 Å². The Morgan fingerprint density at radius 1 is 1.28 bits per heavy atom. The largest absolute Gasteiger partial charge is 0.364 e. The molecular weight excluding hydrogens is 431 g/mol. The molecule has 0 unspecified atom stereocenters. The molecule has 0 aliphatic carbocycles. The van der Waals surface area contributed by atoms with Crippen LogP contribution in [0.3, 0.4) is 0 Å². The first-order valence-electron chi connectivity index (χ1n) is 7.66. The van der Waals surface area contributed by atoms with Crippen molar-refractivity contribution < 1.29 is 4.52 Å². The molecule has 0 spiro atoms. The second-order valence-corrected chi connectivity index (χ2v) is 5.38. The molecule has 0 atom stereocenters. The highest BCUT2D eigenvalue weighted by molar-refractivity contribution is 14.0. The molecule has 0 aliphatic rings. The minimum absolute atomic E-state index is 0. The zero-order valence-electron chi connectivity index (χ0n) is 14.2. The lowest BCUT2D eigenvalue weighted by Gasteiger charge is -2.21. The molecule has 132 valence electrons. The molecule has 0 amide bonds. The number of hydrogen-bond acceptors (Lipinski definition) is 4. The smallest absolute Gasteiger partial charge is 0.194 e. The zero-order chi connectivity index (χ0) is 16.8. The summed E-state index contributed by atoms with van der Waals surface area (Å²) in [5, 5.41) is 11.6. The first-order chi connectivity index (χ1) is 11.8. The van der Waals surface area contributed by atoms with Gasteiger partial charge in [-0.05, 0) is 12.1 Å². The number of hydrogen-bond donors (Lipinski definition) is 1. The van der Waals surface area contributed by atoms with Gasteiger partial charge >= 0.3 is 0 Å². The van der Waals surface area contributed by atoms with Gasteiger partial charge in [-0.15, -0.1) is 24.0 Å². The molecule has 0 bridgehead atoms. The second-order valence-electron chi connectivity index (χ2n) is 5.38. The molecule has 0 saturated heterocycles. The zero-order valence-corrected chi connectivity index (χ0v) is 16.5. The van der Waals surface area contributed by atoms with E-state index in [0.29, 0.717) is 13.1 Å². The standard InChI is InChI=1S/C17H20N6O.HI/c1-18-17(19-11-15-8-9-24-21-15)22(2)12-14-10-20-23(13-14)16-6-4-3-5-7-16;/h3-10,13H,11-12H2,1-2H3,(H,18,19);1H. The topological polar surface area (TPSA) is 71.5 Å². The fourth-order valence-electron chi connectivity index (χ4n) is 2.40. The molecule has 25 heavy (non-hydrogen) atoms. The summed E-state index contributed by atoms with van der Waals surface area (Å²) >= 11 is 0. The third kappa shape index (κ3) is 5.05. The molecule has 2 heterocycles. The van der Waals surface area contributed by atoms with Crippen LogP contribution < -0.4 is 5.32 Å². The van der Waals surface area contributed by atoms with E-state index in [0.717, 1.165) is 22.9 Å².